The van der Waals surface area contributed by atoms with E-state index in [4.69, 9.17) is 29.6 Å². The molecule has 7 heteroatoms. The summed E-state index contributed by atoms with van der Waals surface area (Å²) in [5.74, 6) is 2.39. The lowest BCUT2D eigenvalue weighted by Gasteiger charge is -2.12. The molecule has 0 radical (unpaired) electrons. The van der Waals surface area contributed by atoms with Crippen molar-refractivity contribution in [2.75, 3.05) is 0 Å². The SMILES string of the molecule is C#CC(CCC)NS(=O)(=O)c1cnc(Cl)c(Cl)c1. The number of aromatic nitrogens is 1. The fourth-order valence-corrected chi connectivity index (χ4v) is 2.77. The normalized spacial score (nSPS) is 13.0. The van der Waals surface area contributed by atoms with Crippen LogP contribution in [-0.4, -0.2) is 19.4 Å². The third kappa shape index (κ3) is 3.85. The van der Waals surface area contributed by atoms with Gasteiger partial charge in [-0.3, -0.25) is 0 Å². The Labute approximate surface area is 117 Å². The quantitative estimate of drug-likeness (QED) is 0.671. The molecule has 1 N–H and O–H groups in total. The molecule has 0 bridgehead atoms. The van der Waals surface area contributed by atoms with Gasteiger partial charge in [-0.25, -0.2) is 13.4 Å². The molecule has 0 aliphatic rings. The van der Waals surface area contributed by atoms with Gasteiger partial charge in [0.25, 0.3) is 0 Å². The third-order valence-corrected chi connectivity index (χ3v) is 4.28. The zero-order valence-corrected chi connectivity index (χ0v) is 12.0. The Kier molecular flexibility index (Phi) is 5.42. The molecule has 1 atom stereocenters. The lowest BCUT2D eigenvalue weighted by atomic mass is 10.2. The monoisotopic (exact) mass is 306 g/mol. The van der Waals surface area contributed by atoms with Gasteiger partial charge in [-0.1, -0.05) is 42.5 Å². The lowest BCUT2D eigenvalue weighted by molar-refractivity contribution is 0.564. The number of terminal acetylenes is 1. The Balaban J connectivity index is 2.99. The third-order valence-electron chi connectivity index (χ3n) is 2.16. The van der Waals surface area contributed by atoms with E-state index in [0.717, 1.165) is 12.6 Å². The minimum atomic E-state index is -3.73. The highest BCUT2D eigenvalue weighted by Gasteiger charge is 2.19. The van der Waals surface area contributed by atoms with Crippen LogP contribution in [0.2, 0.25) is 10.2 Å². The molecule has 0 spiro atoms. The molecule has 0 amide bonds. The fourth-order valence-electron chi connectivity index (χ4n) is 1.27. The summed E-state index contributed by atoms with van der Waals surface area (Å²) in [5.41, 5.74) is 0. The molecule has 1 aromatic heterocycles. The van der Waals surface area contributed by atoms with Crippen LogP contribution in [0.5, 0.6) is 0 Å². The van der Waals surface area contributed by atoms with Gasteiger partial charge in [0.1, 0.15) is 10.0 Å². The number of nitrogens with one attached hydrogen (secondary N) is 1. The summed E-state index contributed by atoms with van der Waals surface area (Å²) in [4.78, 5) is 3.62. The van der Waals surface area contributed by atoms with Crippen molar-refractivity contribution in [3.8, 4) is 12.3 Å². The van der Waals surface area contributed by atoms with Crippen molar-refractivity contribution in [2.45, 2.75) is 30.7 Å². The second-order valence-electron chi connectivity index (χ2n) is 3.57. The topological polar surface area (TPSA) is 59.1 Å². The Hall–Kier alpha value is -0.800. The molecule has 0 aliphatic carbocycles. The number of halogens is 2. The zero-order valence-electron chi connectivity index (χ0n) is 9.65. The maximum atomic E-state index is 12.0. The van der Waals surface area contributed by atoms with Gasteiger partial charge in [-0.15, -0.1) is 6.42 Å². The summed E-state index contributed by atoms with van der Waals surface area (Å²) in [7, 11) is -3.73. The van der Waals surface area contributed by atoms with Gasteiger partial charge in [0.15, 0.2) is 0 Å². The summed E-state index contributed by atoms with van der Waals surface area (Å²) in [6.45, 7) is 1.92. The molecule has 18 heavy (non-hydrogen) atoms. The smallest absolute Gasteiger partial charge is 0.242 e. The van der Waals surface area contributed by atoms with Gasteiger partial charge in [-0.05, 0) is 12.5 Å². The van der Waals surface area contributed by atoms with Crippen molar-refractivity contribution in [3.63, 3.8) is 0 Å². The Morgan fingerprint density at radius 1 is 1.56 bits per heavy atom. The van der Waals surface area contributed by atoms with Crippen LogP contribution in [0.15, 0.2) is 17.2 Å². The van der Waals surface area contributed by atoms with Gasteiger partial charge in [0.2, 0.25) is 10.0 Å². The van der Waals surface area contributed by atoms with Crippen molar-refractivity contribution < 1.29 is 8.42 Å². The van der Waals surface area contributed by atoms with E-state index in [0.29, 0.717) is 6.42 Å². The first-order valence-corrected chi connectivity index (χ1v) is 7.44. The molecular weight excluding hydrogens is 295 g/mol. The van der Waals surface area contributed by atoms with E-state index >= 15 is 0 Å². The van der Waals surface area contributed by atoms with Crippen LogP contribution in [0.25, 0.3) is 0 Å². The van der Waals surface area contributed by atoms with Crippen molar-refractivity contribution >= 4 is 33.2 Å². The second kappa shape index (κ2) is 6.39. The first kappa shape index (κ1) is 15.3. The largest absolute Gasteiger partial charge is 0.243 e. The van der Waals surface area contributed by atoms with Gasteiger partial charge in [-0.2, -0.15) is 4.72 Å². The molecular formula is C11H12Cl2N2O2S. The van der Waals surface area contributed by atoms with Gasteiger partial charge in [0.05, 0.1) is 11.1 Å². The molecule has 0 saturated carbocycles. The molecule has 1 aromatic rings. The molecule has 1 unspecified atom stereocenters. The summed E-state index contributed by atoms with van der Waals surface area (Å²) in [6, 6.07) is 0.688. The van der Waals surface area contributed by atoms with Crippen LogP contribution in [0.1, 0.15) is 19.8 Å². The van der Waals surface area contributed by atoms with E-state index in [-0.39, 0.29) is 15.1 Å². The van der Waals surface area contributed by atoms with Crippen molar-refractivity contribution in [1.82, 2.24) is 9.71 Å². The Morgan fingerprint density at radius 2 is 2.22 bits per heavy atom. The maximum absolute atomic E-state index is 12.0. The van der Waals surface area contributed by atoms with Crippen LogP contribution in [0, 0.1) is 12.3 Å². The number of pyridine rings is 1. The maximum Gasteiger partial charge on any atom is 0.243 e. The molecule has 1 heterocycles. The number of nitrogens with zero attached hydrogens (tertiary/aromatic N) is 1. The standard InChI is InChI=1S/C11H12Cl2N2O2S/c1-3-5-8(4-2)15-18(16,17)9-6-10(12)11(13)14-7-9/h2,6-8,15H,3,5H2,1H3. The number of hydrogen-bond donors (Lipinski definition) is 1. The molecule has 0 saturated heterocycles. The lowest BCUT2D eigenvalue weighted by Crippen LogP contribution is -2.33. The Morgan fingerprint density at radius 3 is 2.72 bits per heavy atom. The molecule has 4 nitrogen and oxygen atoms in total. The van der Waals surface area contributed by atoms with E-state index in [2.05, 4.69) is 15.6 Å². The summed E-state index contributed by atoms with van der Waals surface area (Å²) in [5, 5.41) is 0.130. The van der Waals surface area contributed by atoms with E-state index in [1.54, 1.807) is 0 Å². The van der Waals surface area contributed by atoms with E-state index in [1.807, 2.05) is 6.92 Å². The Bertz CT molecular complexity index is 567. The van der Waals surface area contributed by atoms with Gasteiger partial charge >= 0.3 is 0 Å². The highest BCUT2D eigenvalue weighted by molar-refractivity contribution is 7.89. The van der Waals surface area contributed by atoms with Crippen LogP contribution >= 0.6 is 23.2 Å². The summed E-state index contributed by atoms with van der Waals surface area (Å²) < 4.78 is 26.4. The molecule has 0 aromatic carbocycles. The highest BCUT2D eigenvalue weighted by atomic mass is 35.5. The first-order chi connectivity index (χ1) is 8.40. The predicted molar refractivity (Wildman–Crippen MR) is 72.1 cm³/mol. The van der Waals surface area contributed by atoms with Crippen LogP contribution < -0.4 is 4.72 Å². The zero-order chi connectivity index (χ0) is 13.8. The number of hydrogen-bond acceptors (Lipinski definition) is 3. The minimum absolute atomic E-state index is 0.0534. The van der Waals surface area contributed by atoms with Crippen LogP contribution in [-0.2, 0) is 10.0 Å². The van der Waals surface area contributed by atoms with Crippen molar-refractivity contribution in [1.29, 1.82) is 0 Å². The average molecular weight is 307 g/mol. The second-order valence-corrected chi connectivity index (χ2v) is 6.05. The van der Waals surface area contributed by atoms with Crippen molar-refractivity contribution in [2.24, 2.45) is 0 Å². The van der Waals surface area contributed by atoms with Crippen LogP contribution in [0.3, 0.4) is 0 Å². The molecule has 0 aliphatic heterocycles. The average Bonchev–Trinajstić information content (AvgIpc) is 2.31. The summed E-state index contributed by atoms with van der Waals surface area (Å²) >= 11 is 11.3. The highest BCUT2D eigenvalue weighted by Crippen LogP contribution is 2.22. The fraction of sp³-hybridized carbons (Fsp3) is 0.364. The van der Waals surface area contributed by atoms with Gasteiger partial charge in [0, 0.05) is 6.20 Å². The van der Waals surface area contributed by atoms with E-state index < -0.39 is 16.1 Å². The number of sulfonamides is 1. The van der Waals surface area contributed by atoms with Crippen molar-refractivity contribution in [3.05, 3.63) is 22.4 Å². The predicted octanol–water partition coefficient (Wildman–Crippen LogP) is 2.47. The molecule has 0 fully saturated rings. The van der Waals surface area contributed by atoms with E-state index in [1.165, 1.54) is 6.07 Å². The van der Waals surface area contributed by atoms with Crippen LogP contribution in [0.4, 0.5) is 0 Å². The number of rotatable bonds is 5. The van der Waals surface area contributed by atoms with Gasteiger partial charge < -0.3 is 0 Å². The van der Waals surface area contributed by atoms with E-state index in [9.17, 15) is 8.42 Å². The summed E-state index contributed by atoms with van der Waals surface area (Å²) in [6.07, 6.45) is 7.73. The molecule has 1 rings (SSSR count). The molecule has 98 valence electrons. The first-order valence-electron chi connectivity index (χ1n) is 5.20. The minimum Gasteiger partial charge on any atom is -0.242 e.